The Balaban J connectivity index is 1.78. The average molecular weight is 409 g/mol. The van der Waals surface area contributed by atoms with Gasteiger partial charge in [0, 0.05) is 11.6 Å². The number of allylic oxidation sites excluding steroid dienone is 1. The second kappa shape index (κ2) is 14.5. The van der Waals surface area contributed by atoms with Gasteiger partial charge in [0.15, 0.2) is 11.6 Å². The largest absolute Gasteiger partial charge is 0.420 e. The van der Waals surface area contributed by atoms with Gasteiger partial charge in [-0.1, -0.05) is 89.1 Å². The number of hydrogen-bond acceptors (Lipinski definition) is 4. The quantitative estimate of drug-likeness (QED) is 0.190. The van der Waals surface area contributed by atoms with Crippen molar-refractivity contribution in [3.63, 3.8) is 0 Å². The van der Waals surface area contributed by atoms with E-state index in [-0.39, 0.29) is 5.97 Å². The maximum atomic E-state index is 11.9. The number of nitrogens with zero attached hydrogens (tertiary/aromatic N) is 2. The smallest absolute Gasteiger partial charge is 0.335 e. The minimum Gasteiger partial charge on any atom is -0.420 e. The summed E-state index contributed by atoms with van der Waals surface area (Å²) in [4.78, 5) is 20.6. The lowest BCUT2D eigenvalue weighted by atomic mass is 10.0. The van der Waals surface area contributed by atoms with Crippen molar-refractivity contribution in [2.24, 2.45) is 0 Å². The summed E-state index contributed by atoms with van der Waals surface area (Å²) < 4.78 is 5.27. The van der Waals surface area contributed by atoms with Crippen LogP contribution in [0.15, 0.2) is 48.8 Å². The SMILES string of the molecule is CCCCCC/C=C/C(=O)Oc1cnc(-c2ccc(CCCCCCC)cc2)nc1. The van der Waals surface area contributed by atoms with E-state index in [1.165, 1.54) is 63.0 Å². The number of esters is 1. The molecule has 0 aliphatic carbocycles. The molecule has 1 aromatic heterocycles. The van der Waals surface area contributed by atoms with Gasteiger partial charge < -0.3 is 4.74 Å². The van der Waals surface area contributed by atoms with Crippen LogP contribution in [0.25, 0.3) is 11.4 Å². The Morgan fingerprint density at radius 1 is 0.867 bits per heavy atom. The zero-order valence-electron chi connectivity index (χ0n) is 18.6. The van der Waals surface area contributed by atoms with Crippen molar-refractivity contribution in [3.05, 3.63) is 54.4 Å². The highest BCUT2D eigenvalue weighted by molar-refractivity contribution is 5.83. The van der Waals surface area contributed by atoms with E-state index in [0.717, 1.165) is 24.8 Å². The van der Waals surface area contributed by atoms with E-state index in [9.17, 15) is 4.79 Å². The van der Waals surface area contributed by atoms with Gasteiger partial charge in [-0.15, -0.1) is 0 Å². The van der Waals surface area contributed by atoms with E-state index in [0.29, 0.717) is 11.6 Å². The monoisotopic (exact) mass is 408 g/mol. The first-order chi connectivity index (χ1) is 14.7. The molecule has 4 heteroatoms. The van der Waals surface area contributed by atoms with Crippen molar-refractivity contribution in [1.29, 1.82) is 0 Å². The first kappa shape index (κ1) is 23.8. The zero-order valence-corrected chi connectivity index (χ0v) is 18.6. The molecular formula is C26H36N2O2. The Labute approximate surface area is 181 Å². The molecular weight excluding hydrogens is 372 g/mol. The summed E-state index contributed by atoms with van der Waals surface area (Å²) in [7, 11) is 0. The Morgan fingerprint density at radius 3 is 2.17 bits per heavy atom. The van der Waals surface area contributed by atoms with Crippen LogP contribution in [0.4, 0.5) is 0 Å². The zero-order chi connectivity index (χ0) is 21.4. The molecule has 0 saturated heterocycles. The molecule has 0 amide bonds. The third-order valence-corrected chi connectivity index (χ3v) is 5.11. The third kappa shape index (κ3) is 9.34. The summed E-state index contributed by atoms with van der Waals surface area (Å²) in [6, 6.07) is 8.42. The molecule has 0 bridgehead atoms. The maximum Gasteiger partial charge on any atom is 0.335 e. The number of ether oxygens (including phenoxy) is 1. The highest BCUT2D eigenvalue weighted by atomic mass is 16.5. The Bertz CT molecular complexity index is 752. The van der Waals surface area contributed by atoms with E-state index in [1.54, 1.807) is 12.4 Å². The van der Waals surface area contributed by atoms with Gasteiger partial charge in [0.25, 0.3) is 0 Å². The molecule has 0 N–H and O–H groups in total. The highest BCUT2D eigenvalue weighted by Crippen LogP contribution is 2.18. The molecule has 1 aromatic carbocycles. The number of carbonyl (C=O) groups is 1. The van der Waals surface area contributed by atoms with Crippen LogP contribution in [-0.2, 0) is 11.2 Å². The molecule has 1 heterocycles. The average Bonchev–Trinajstić information content (AvgIpc) is 2.77. The van der Waals surface area contributed by atoms with Crippen molar-refractivity contribution in [2.45, 2.75) is 84.5 Å². The van der Waals surface area contributed by atoms with Gasteiger partial charge >= 0.3 is 5.97 Å². The fourth-order valence-corrected chi connectivity index (χ4v) is 3.29. The molecule has 0 atom stereocenters. The fraction of sp³-hybridized carbons (Fsp3) is 0.500. The van der Waals surface area contributed by atoms with Crippen LogP contribution in [-0.4, -0.2) is 15.9 Å². The second-order valence-corrected chi connectivity index (χ2v) is 7.78. The fourth-order valence-electron chi connectivity index (χ4n) is 3.29. The van der Waals surface area contributed by atoms with Gasteiger partial charge in [-0.05, 0) is 31.2 Å². The lowest BCUT2D eigenvalue weighted by Crippen LogP contribution is -2.04. The molecule has 0 radical (unpaired) electrons. The number of unbranched alkanes of at least 4 members (excludes halogenated alkanes) is 8. The molecule has 162 valence electrons. The van der Waals surface area contributed by atoms with Crippen molar-refractivity contribution in [2.75, 3.05) is 0 Å². The van der Waals surface area contributed by atoms with Crippen molar-refractivity contribution < 1.29 is 9.53 Å². The first-order valence-corrected chi connectivity index (χ1v) is 11.5. The normalized spacial score (nSPS) is 11.1. The lowest BCUT2D eigenvalue weighted by Gasteiger charge is -2.05. The standard InChI is InChI=1S/C26H36N2O2/c1-3-5-7-9-11-13-15-25(29)30-24-20-27-26(28-21-24)23-18-16-22(17-19-23)14-12-10-8-6-4-2/h13,15-21H,3-12,14H2,1-2H3/b15-13+. The van der Waals surface area contributed by atoms with Crippen LogP contribution in [0.5, 0.6) is 5.75 Å². The van der Waals surface area contributed by atoms with Gasteiger partial charge in [-0.3, -0.25) is 0 Å². The molecule has 0 aliphatic rings. The van der Waals surface area contributed by atoms with Crippen molar-refractivity contribution in [3.8, 4) is 17.1 Å². The summed E-state index contributed by atoms with van der Waals surface area (Å²) >= 11 is 0. The first-order valence-electron chi connectivity index (χ1n) is 11.5. The molecule has 4 nitrogen and oxygen atoms in total. The molecule has 0 spiro atoms. The molecule has 30 heavy (non-hydrogen) atoms. The molecule has 0 fully saturated rings. The number of rotatable bonds is 14. The van der Waals surface area contributed by atoms with Crippen LogP contribution < -0.4 is 4.74 Å². The molecule has 2 rings (SSSR count). The van der Waals surface area contributed by atoms with Gasteiger partial charge in [0.2, 0.25) is 0 Å². The number of carbonyl (C=O) groups excluding carboxylic acids is 1. The number of aryl methyl sites for hydroxylation is 1. The summed E-state index contributed by atoms with van der Waals surface area (Å²) in [5, 5.41) is 0. The molecule has 0 saturated carbocycles. The van der Waals surface area contributed by atoms with Crippen LogP contribution in [0.1, 0.15) is 83.6 Å². The third-order valence-electron chi connectivity index (χ3n) is 5.11. The molecule has 0 aliphatic heterocycles. The van der Waals surface area contributed by atoms with Gasteiger partial charge in [0.05, 0.1) is 12.4 Å². The van der Waals surface area contributed by atoms with E-state index >= 15 is 0 Å². The summed E-state index contributed by atoms with van der Waals surface area (Å²) in [6.45, 7) is 4.43. The van der Waals surface area contributed by atoms with E-state index in [2.05, 4.69) is 48.1 Å². The van der Waals surface area contributed by atoms with Crippen LogP contribution in [0.2, 0.25) is 0 Å². The van der Waals surface area contributed by atoms with Crippen molar-refractivity contribution in [1.82, 2.24) is 9.97 Å². The summed E-state index contributed by atoms with van der Waals surface area (Å²) in [5.41, 5.74) is 2.32. The van der Waals surface area contributed by atoms with Gasteiger partial charge in [-0.25, -0.2) is 14.8 Å². The van der Waals surface area contributed by atoms with Crippen LogP contribution in [0, 0.1) is 0 Å². The minimum absolute atomic E-state index is 0.364. The van der Waals surface area contributed by atoms with E-state index in [1.807, 2.05) is 6.08 Å². The minimum atomic E-state index is -0.384. The van der Waals surface area contributed by atoms with Crippen molar-refractivity contribution >= 4 is 5.97 Å². The Kier molecular flexibility index (Phi) is 11.5. The van der Waals surface area contributed by atoms with Gasteiger partial charge in [-0.2, -0.15) is 0 Å². The maximum absolute atomic E-state index is 11.9. The predicted octanol–water partition coefficient (Wildman–Crippen LogP) is 7.09. The van der Waals surface area contributed by atoms with E-state index in [4.69, 9.17) is 4.74 Å². The van der Waals surface area contributed by atoms with E-state index < -0.39 is 0 Å². The topological polar surface area (TPSA) is 52.1 Å². The Hall–Kier alpha value is -2.49. The van der Waals surface area contributed by atoms with Gasteiger partial charge in [0.1, 0.15) is 0 Å². The van der Waals surface area contributed by atoms with Crippen LogP contribution in [0.3, 0.4) is 0 Å². The summed E-state index contributed by atoms with van der Waals surface area (Å²) in [5.74, 6) is 0.615. The van der Waals surface area contributed by atoms with Crippen LogP contribution >= 0.6 is 0 Å². The second-order valence-electron chi connectivity index (χ2n) is 7.78. The number of aromatic nitrogens is 2. The lowest BCUT2D eigenvalue weighted by molar-refractivity contribution is -0.129. The molecule has 2 aromatic rings. The number of benzene rings is 1. The Morgan fingerprint density at radius 2 is 1.50 bits per heavy atom. The molecule has 0 unspecified atom stereocenters. The predicted molar refractivity (Wildman–Crippen MR) is 123 cm³/mol. The number of hydrogen-bond donors (Lipinski definition) is 0. The highest BCUT2D eigenvalue weighted by Gasteiger charge is 2.05. The summed E-state index contributed by atoms with van der Waals surface area (Å²) in [6.07, 6.45) is 19.7.